The fourth-order valence-electron chi connectivity index (χ4n) is 1.34. The minimum atomic E-state index is -0.287. The Balaban J connectivity index is 2.49. The molecule has 4 nitrogen and oxygen atoms in total. The zero-order valence-corrected chi connectivity index (χ0v) is 12.6. The largest absolute Gasteiger partial charge is 0.465 e. The minimum Gasteiger partial charge on any atom is -0.465 e. The van der Waals surface area contributed by atoms with Crippen LogP contribution in [0.2, 0.25) is 0 Å². The number of esters is 1. The Morgan fingerprint density at radius 1 is 1.56 bits per heavy atom. The smallest absolute Gasteiger partial charge is 0.322 e. The van der Waals surface area contributed by atoms with E-state index in [1.54, 1.807) is 11.3 Å². The van der Waals surface area contributed by atoms with Crippen molar-refractivity contribution in [3.05, 3.63) is 16.1 Å². The first-order valence-corrected chi connectivity index (χ1v) is 7.01. The summed E-state index contributed by atoms with van der Waals surface area (Å²) in [6, 6.07) is -0.287. The van der Waals surface area contributed by atoms with Crippen LogP contribution < -0.4 is 5.32 Å². The number of carbonyl (C=O) groups excluding carboxylic acids is 1. The van der Waals surface area contributed by atoms with E-state index in [-0.39, 0.29) is 17.4 Å². The number of aromatic nitrogens is 1. The highest BCUT2D eigenvalue weighted by Gasteiger charge is 2.18. The second-order valence-electron chi connectivity index (χ2n) is 5.24. The lowest BCUT2D eigenvalue weighted by Gasteiger charge is -2.13. The van der Waals surface area contributed by atoms with Gasteiger partial charge in [-0.3, -0.25) is 10.1 Å². The first-order chi connectivity index (χ1) is 8.34. The Kier molecular flexibility index (Phi) is 5.28. The molecule has 18 heavy (non-hydrogen) atoms. The third kappa shape index (κ3) is 4.38. The van der Waals surface area contributed by atoms with Crippen molar-refractivity contribution in [1.82, 2.24) is 10.3 Å². The molecule has 1 aromatic rings. The molecule has 1 heterocycles. The quantitative estimate of drug-likeness (QED) is 0.835. The monoisotopic (exact) mass is 270 g/mol. The molecule has 0 aliphatic carbocycles. The van der Waals surface area contributed by atoms with E-state index in [2.05, 4.69) is 31.1 Å². The molecule has 1 rings (SSSR count). The topological polar surface area (TPSA) is 51.2 Å². The van der Waals surface area contributed by atoms with E-state index in [1.165, 1.54) is 0 Å². The van der Waals surface area contributed by atoms with Gasteiger partial charge in [-0.15, -0.1) is 11.3 Å². The van der Waals surface area contributed by atoms with Crippen molar-refractivity contribution in [2.24, 2.45) is 0 Å². The number of rotatable bonds is 5. The molecule has 0 bridgehead atoms. The molecule has 0 aliphatic rings. The Bertz CT molecular complexity index is 396. The number of hydrogen-bond donors (Lipinski definition) is 1. The second-order valence-corrected chi connectivity index (χ2v) is 6.35. The number of carbonyl (C=O) groups is 1. The standard InChI is InChI=1S/C13H22N2O2S/c1-6-17-11(16)9(2)14-7-10-8-15-12(18-10)13(3,4)5/h8-9,14H,6-7H2,1-5H3. The number of thiazole rings is 1. The molecule has 1 aromatic heterocycles. The van der Waals surface area contributed by atoms with E-state index in [0.29, 0.717) is 13.2 Å². The van der Waals surface area contributed by atoms with Crippen LogP contribution in [0.4, 0.5) is 0 Å². The van der Waals surface area contributed by atoms with Crippen molar-refractivity contribution in [3.63, 3.8) is 0 Å². The van der Waals surface area contributed by atoms with Gasteiger partial charge in [-0.2, -0.15) is 0 Å². The molecule has 1 unspecified atom stereocenters. The second kappa shape index (κ2) is 6.29. The fourth-order valence-corrected chi connectivity index (χ4v) is 2.26. The number of hydrogen-bond acceptors (Lipinski definition) is 5. The Morgan fingerprint density at radius 2 is 2.22 bits per heavy atom. The lowest BCUT2D eigenvalue weighted by atomic mass is 9.98. The van der Waals surface area contributed by atoms with E-state index in [1.807, 2.05) is 20.0 Å². The molecule has 102 valence electrons. The van der Waals surface area contributed by atoms with Gasteiger partial charge in [0.15, 0.2) is 0 Å². The molecule has 1 N–H and O–H groups in total. The Hall–Kier alpha value is -0.940. The summed E-state index contributed by atoms with van der Waals surface area (Å²) in [6.07, 6.45) is 1.87. The fraction of sp³-hybridized carbons (Fsp3) is 0.692. The maximum absolute atomic E-state index is 11.4. The molecule has 0 saturated heterocycles. The van der Waals surface area contributed by atoms with Crippen LogP contribution in [0, 0.1) is 0 Å². The number of nitrogens with zero attached hydrogens (tertiary/aromatic N) is 1. The van der Waals surface area contributed by atoms with Crippen LogP contribution >= 0.6 is 11.3 Å². The summed E-state index contributed by atoms with van der Waals surface area (Å²) < 4.78 is 4.94. The highest BCUT2D eigenvalue weighted by atomic mass is 32.1. The SMILES string of the molecule is CCOC(=O)C(C)NCc1cnc(C(C)(C)C)s1. The number of ether oxygens (including phenoxy) is 1. The normalized spacial score (nSPS) is 13.4. The van der Waals surface area contributed by atoms with Crippen molar-refractivity contribution in [2.75, 3.05) is 6.61 Å². The van der Waals surface area contributed by atoms with E-state index in [9.17, 15) is 4.79 Å². The van der Waals surface area contributed by atoms with E-state index in [4.69, 9.17) is 4.74 Å². The van der Waals surface area contributed by atoms with Crippen LogP contribution in [0.1, 0.15) is 44.5 Å². The summed E-state index contributed by atoms with van der Waals surface area (Å²) in [6.45, 7) is 11.1. The molecule has 0 aromatic carbocycles. The predicted molar refractivity (Wildman–Crippen MR) is 73.7 cm³/mol. The molecular weight excluding hydrogens is 248 g/mol. The van der Waals surface area contributed by atoms with Gasteiger partial charge in [-0.05, 0) is 13.8 Å². The average molecular weight is 270 g/mol. The van der Waals surface area contributed by atoms with Crippen LogP contribution in [0.25, 0.3) is 0 Å². The summed E-state index contributed by atoms with van der Waals surface area (Å²) in [7, 11) is 0. The predicted octanol–water partition coefficient (Wildman–Crippen LogP) is 2.48. The average Bonchev–Trinajstić information content (AvgIpc) is 2.74. The maximum atomic E-state index is 11.4. The van der Waals surface area contributed by atoms with Gasteiger partial charge >= 0.3 is 5.97 Å². The van der Waals surface area contributed by atoms with E-state index >= 15 is 0 Å². The lowest BCUT2D eigenvalue weighted by Crippen LogP contribution is -2.34. The van der Waals surface area contributed by atoms with Gasteiger partial charge in [0, 0.05) is 23.0 Å². The molecule has 0 amide bonds. The van der Waals surface area contributed by atoms with Crippen LogP contribution in [-0.4, -0.2) is 23.6 Å². The maximum Gasteiger partial charge on any atom is 0.322 e. The Labute approximate surface area is 113 Å². The summed E-state index contributed by atoms with van der Waals surface area (Å²) in [5.41, 5.74) is 0.0790. The highest BCUT2D eigenvalue weighted by Crippen LogP contribution is 2.26. The van der Waals surface area contributed by atoms with Gasteiger partial charge < -0.3 is 4.74 Å². The Morgan fingerprint density at radius 3 is 2.72 bits per heavy atom. The first-order valence-electron chi connectivity index (χ1n) is 6.19. The van der Waals surface area contributed by atoms with Gasteiger partial charge in [0.1, 0.15) is 6.04 Å². The summed E-state index contributed by atoms with van der Waals surface area (Å²) in [5.74, 6) is -0.210. The lowest BCUT2D eigenvalue weighted by molar-refractivity contribution is -0.145. The minimum absolute atomic E-state index is 0.0790. The van der Waals surface area contributed by atoms with Gasteiger partial charge in [-0.1, -0.05) is 20.8 Å². The van der Waals surface area contributed by atoms with Crippen LogP contribution in [0.15, 0.2) is 6.20 Å². The van der Waals surface area contributed by atoms with Crippen LogP contribution in [-0.2, 0) is 21.5 Å². The zero-order valence-electron chi connectivity index (χ0n) is 11.7. The first kappa shape index (κ1) is 15.1. The van der Waals surface area contributed by atoms with Gasteiger partial charge in [0.25, 0.3) is 0 Å². The molecule has 0 spiro atoms. The summed E-state index contributed by atoms with van der Waals surface area (Å²) >= 11 is 1.68. The van der Waals surface area contributed by atoms with Crippen LogP contribution in [0.3, 0.4) is 0 Å². The van der Waals surface area contributed by atoms with Crippen molar-refractivity contribution in [1.29, 1.82) is 0 Å². The summed E-state index contributed by atoms with van der Waals surface area (Å²) in [4.78, 5) is 17.0. The molecular formula is C13H22N2O2S. The van der Waals surface area contributed by atoms with Crippen molar-refractivity contribution >= 4 is 17.3 Å². The zero-order chi connectivity index (χ0) is 13.8. The highest BCUT2D eigenvalue weighted by molar-refractivity contribution is 7.11. The number of nitrogens with one attached hydrogen (secondary N) is 1. The van der Waals surface area contributed by atoms with Gasteiger partial charge in [0.2, 0.25) is 0 Å². The van der Waals surface area contributed by atoms with Crippen LogP contribution in [0.5, 0.6) is 0 Å². The molecule has 0 aliphatic heterocycles. The molecule has 0 saturated carbocycles. The third-order valence-corrected chi connectivity index (χ3v) is 3.84. The molecule has 0 radical (unpaired) electrons. The third-order valence-electron chi connectivity index (χ3n) is 2.42. The summed E-state index contributed by atoms with van der Waals surface area (Å²) in [5, 5.41) is 4.26. The molecule has 5 heteroatoms. The van der Waals surface area contributed by atoms with Gasteiger partial charge in [-0.25, -0.2) is 4.98 Å². The van der Waals surface area contributed by atoms with E-state index in [0.717, 1.165) is 9.88 Å². The molecule has 1 atom stereocenters. The van der Waals surface area contributed by atoms with Crippen molar-refractivity contribution in [3.8, 4) is 0 Å². The molecule has 0 fully saturated rings. The van der Waals surface area contributed by atoms with Crippen molar-refractivity contribution in [2.45, 2.75) is 52.6 Å². The van der Waals surface area contributed by atoms with E-state index < -0.39 is 0 Å². The van der Waals surface area contributed by atoms with Gasteiger partial charge in [0.05, 0.1) is 11.6 Å². The van der Waals surface area contributed by atoms with Crippen molar-refractivity contribution < 1.29 is 9.53 Å².